The second kappa shape index (κ2) is 7.49. The van der Waals surface area contributed by atoms with Gasteiger partial charge in [-0.25, -0.2) is 0 Å². The first kappa shape index (κ1) is 11.8. The minimum atomic E-state index is -0.774. The van der Waals surface area contributed by atoms with Gasteiger partial charge in [-0.15, -0.1) is 0 Å². The van der Waals surface area contributed by atoms with Crippen molar-refractivity contribution in [3.63, 3.8) is 0 Å². The molecule has 2 N–H and O–H groups in total. The van der Waals surface area contributed by atoms with E-state index in [9.17, 15) is 0 Å². The van der Waals surface area contributed by atoms with E-state index in [4.69, 9.17) is 19.7 Å². The maximum atomic E-state index is 8.85. The van der Waals surface area contributed by atoms with Gasteiger partial charge in [-0.3, -0.25) is 0 Å². The SMILES string of the molecule is CC(C)OCCOCC(O)CO. The number of aliphatic hydroxyl groups excluding tert-OH is 2. The molecule has 74 valence electrons. The lowest BCUT2D eigenvalue weighted by Crippen LogP contribution is -2.21. The highest BCUT2D eigenvalue weighted by molar-refractivity contribution is 4.48. The van der Waals surface area contributed by atoms with Crippen LogP contribution in [0.25, 0.3) is 0 Å². The fourth-order valence-electron chi connectivity index (χ4n) is 0.615. The summed E-state index contributed by atoms with van der Waals surface area (Å²) in [6.45, 7) is 4.78. The molecule has 0 aromatic carbocycles. The van der Waals surface area contributed by atoms with Crippen molar-refractivity contribution in [1.82, 2.24) is 0 Å². The Morgan fingerprint density at radius 3 is 2.42 bits per heavy atom. The van der Waals surface area contributed by atoms with E-state index in [0.717, 1.165) is 0 Å². The smallest absolute Gasteiger partial charge is 0.100 e. The highest BCUT2D eigenvalue weighted by Crippen LogP contribution is 1.88. The summed E-state index contributed by atoms with van der Waals surface area (Å²) in [6, 6.07) is 0. The molecule has 1 unspecified atom stereocenters. The van der Waals surface area contributed by atoms with Crippen LogP contribution in [0.2, 0.25) is 0 Å². The maximum Gasteiger partial charge on any atom is 0.100 e. The molecular formula is C8H18O4. The number of aliphatic hydroxyl groups is 2. The van der Waals surface area contributed by atoms with Crippen molar-refractivity contribution >= 4 is 0 Å². The number of hydrogen-bond acceptors (Lipinski definition) is 4. The van der Waals surface area contributed by atoms with Crippen molar-refractivity contribution in [1.29, 1.82) is 0 Å². The quantitative estimate of drug-likeness (QED) is 0.529. The van der Waals surface area contributed by atoms with Gasteiger partial charge in [0.25, 0.3) is 0 Å². The van der Waals surface area contributed by atoms with Crippen LogP contribution in [0.1, 0.15) is 13.8 Å². The van der Waals surface area contributed by atoms with Crippen molar-refractivity contribution in [2.75, 3.05) is 26.4 Å². The summed E-state index contributed by atoms with van der Waals surface area (Å²) >= 11 is 0. The van der Waals surface area contributed by atoms with E-state index < -0.39 is 6.10 Å². The molecule has 0 aliphatic carbocycles. The molecule has 0 spiro atoms. The van der Waals surface area contributed by atoms with Gasteiger partial charge in [0.2, 0.25) is 0 Å². The third kappa shape index (κ3) is 7.94. The summed E-state index contributed by atoms with van der Waals surface area (Å²) in [5.41, 5.74) is 0. The van der Waals surface area contributed by atoms with Crippen molar-refractivity contribution in [3.05, 3.63) is 0 Å². The average molecular weight is 178 g/mol. The van der Waals surface area contributed by atoms with Crippen LogP contribution in [0, 0.1) is 0 Å². The standard InChI is InChI=1S/C8H18O4/c1-7(2)12-4-3-11-6-8(10)5-9/h7-10H,3-6H2,1-2H3. The Balaban J connectivity index is 3.00. The summed E-state index contributed by atoms with van der Waals surface area (Å²) in [5.74, 6) is 0. The zero-order chi connectivity index (χ0) is 9.40. The van der Waals surface area contributed by atoms with Gasteiger partial charge < -0.3 is 19.7 Å². The molecule has 0 bridgehead atoms. The lowest BCUT2D eigenvalue weighted by atomic mass is 10.4. The zero-order valence-electron chi connectivity index (χ0n) is 7.69. The van der Waals surface area contributed by atoms with Crippen molar-refractivity contribution in [3.8, 4) is 0 Å². The first-order valence-electron chi connectivity index (χ1n) is 4.15. The van der Waals surface area contributed by atoms with Crippen molar-refractivity contribution < 1.29 is 19.7 Å². The Morgan fingerprint density at radius 2 is 1.92 bits per heavy atom. The lowest BCUT2D eigenvalue weighted by molar-refractivity contribution is -0.0243. The molecule has 12 heavy (non-hydrogen) atoms. The third-order valence-electron chi connectivity index (χ3n) is 1.20. The summed E-state index contributed by atoms with van der Waals surface area (Å²) < 4.78 is 10.2. The van der Waals surface area contributed by atoms with Crippen LogP contribution < -0.4 is 0 Å². The molecule has 0 aliphatic heterocycles. The Labute approximate surface area is 73.1 Å². The lowest BCUT2D eigenvalue weighted by Gasteiger charge is -2.09. The molecular weight excluding hydrogens is 160 g/mol. The maximum absolute atomic E-state index is 8.85. The van der Waals surface area contributed by atoms with Crippen LogP contribution in [-0.2, 0) is 9.47 Å². The van der Waals surface area contributed by atoms with Crippen LogP contribution in [-0.4, -0.2) is 48.8 Å². The van der Waals surface area contributed by atoms with Crippen molar-refractivity contribution in [2.24, 2.45) is 0 Å². The third-order valence-corrected chi connectivity index (χ3v) is 1.20. The largest absolute Gasteiger partial charge is 0.394 e. The molecule has 0 fully saturated rings. The topological polar surface area (TPSA) is 58.9 Å². The first-order valence-corrected chi connectivity index (χ1v) is 4.15. The second-order valence-electron chi connectivity index (χ2n) is 2.83. The monoisotopic (exact) mass is 178 g/mol. The molecule has 4 heteroatoms. The van der Waals surface area contributed by atoms with Gasteiger partial charge in [0.05, 0.1) is 32.5 Å². The van der Waals surface area contributed by atoms with Gasteiger partial charge in [-0.1, -0.05) is 0 Å². The van der Waals surface area contributed by atoms with E-state index in [1.54, 1.807) is 0 Å². The Hall–Kier alpha value is -0.160. The van der Waals surface area contributed by atoms with E-state index >= 15 is 0 Å². The minimum absolute atomic E-state index is 0.165. The Morgan fingerprint density at radius 1 is 1.25 bits per heavy atom. The summed E-state index contributed by atoms with van der Waals surface area (Å²) in [7, 11) is 0. The predicted octanol–water partition coefficient (Wildman–Crippen LogP) is -0.219. The minimum Gasteiger partial charge on any atom is -0.394 e. The molecule has 0 aliphatic rings. The first-order chi connectivity index (χ1) is 5.66. The van der Waals surface area contributed by atoms with Gasteiger partial charge in [-0.2, -0.15) is 0 Å². The van der Waals surface area contributed by atoms with Crippen LogP contribution in [0.15, 0.2) is 0 Å². The number of hydrogen-bond donors (Lipinski definition) is 2. The van der Waals surface area contributed by atoms with Gasteiger partial charge in [-0.05, 0) is 13.8 Å². The molecule has 0 saturated heterocycles. The average Bonchev–Trinajstić information content (AvgIpc) is 2.03. The summed E-state index contributed by atoms with van der Waals surface area (Å²) in [5, 5.41) is 17.3. The van der Waals surface area contributed by atoms with Gasteiger partial charge >= 0.3 is 0 Å². The molecule has 0 aromatic rings. The summed E-state index contributed by atoms with van der Waals surface area (Å²) in [6.07, 6.45) is -0.569. The van der Waals surface area contributed by atoms with Crippen LogP contribution >= 0.6 is 0 Å². The fourth-order valence-corrected chi connectivity index (χ4v) is 0.615. The Bertz CT molecular complexity index is 95.1. The van der Waals surface area contributed by atoms with Crippen LogP contribution in [0.4, 0.5) is 0 Å². The fraction of sp³-hybridized carbons (Fsp3) is 1.00. The van der Waals surface area contributed by atoms with Gasteiger partial charge in [0.15, 0.2) is 0 Å². The normalized spacial score (nSPS) is 13.8. The molecule has 0 saturated carbocycles. The zero-order valence-corrected chi connectivity index (χ0v) is 7.69. The molecule has 4 nitrogen and oxygen atoms in total. The van der Waals surface area contributed by atoms with E-state index in [1.807, 2.05) is 13.8 Å². The van der Waals surface area contributed by atoms with Crippen LogP contribution in [0.3, 0.4) is 0 Å². The Kier molecular flexibility index (Phi) is 7.39. The van der Waals surface area contributed by atoms with Crippen LogP contribution in [0.5, 0.6) is 0 Å². The van der Waals surface area contributed by atoms with E-state index in [1.165, 1.54) is 0 Å². The van der Waals surface area contributed by atoms with Crippen molar-refractivity contribution in [2.45, 2.75) is 26.1 Å². The number of rotatable bonds is 7. The molecule has 0 aromatic heterocycles. The predicted molar refractivity (Wildman–Crippen MR) is 45.0 cm³/mol. The van der Waals surface area contributed by atoms with E-state index in [-0.39, 0.29) is 19.3 Å². The highest BCUT2D eigenvalue weighted by Gasteiger charge is 2.00. The van der Waals surface area contributed by atoms with E-state index in [0.29, 0.717) is 13.2 Å². The van der Waals surface area contributed by atoms with E-state index in [2.05, 4.69) is 0 Å². The van der Waals surface area contributed by atoms with Gasteiger partial charge in [0, 0.05) is 0 Å². The molecule has 0 heterocycles. The molecule has 0 rings (SSSR count). The molecule has 0 amide bonds. The highest BCUT2D eigenvalue weighted by atomic mass is 16.5. The second-order valence-corrected chi connectivity index (χ2v) is 2.83. The molecule has 0 radical (unpaired) electrons. The number of ether oxygens (including phenoxy) is 2. The molecule has 1 atom stereocenters. The van der Waals surface area contributed by atoms with Gasteiger partial charge in [0.1, 0.15) is 6.10 Å². The summed E-state index contributed by atoms with van der Waals surface area (Å²) in [4.78, 5) is 0.